The highest BCUT2D eigenvalue weighted by atomic mass is 19.1. The zero-order valence-corrected chi connectivity index (χ0v) is 18.5. The first-order valence-corrected chi connectivity index (χ1v) is 11.2. The zero-order chi connectivity index (χ0) is 24.7. The van der Waals surface area contributed by atoms with Crippen LogP contribution < -0.4 is 16.6 Å². The summed E-state index contributed by atoms with van der Waals surface area (Å²) < 4.78 is 33.8. The summed E-state index contributed by atoms with van der Waals surface area (Å²) in [7, 11) is 0. The number of ether oxygens (including phenoxy) is 1. The predicted octanol–water partition coefficient (Wildman–Crippen LogP) is 0.789. The number of nitrogens with zero attached hydrogens (tertiary/aromatic N) is 3. The van der Waals surface area contributed by atoms with Crippen LogP contribution in [-0.4, -0.2) is 62.3 Å². The molecule has 2 bridgehead atoms. The average Bonchev–Trinajstić information content (AvgIpc) is 3.15. The molecule has 3 aromatic rings. The van der Waals surface area contributed by atoms with Gasteiger partial charge in [-0.15, -0.1) is 0 Å². The topological polar surface area (TPSA) is 130 Å². The standard InChI is InChI=1S/C23H23F2N5O5/c24-12-6-15(25)17(26-7-12)8-27-21(32)18(11-29-9-13-4-5-14(10-29)35-13)30-22(33)20-16(28-23(30)34)2-1-3-19(20)31/h1-3,6-7,13-14,18,31H,4-5,8-11H2,(H,27,32)(H,28,34). The van der Waals surface area contributed by atoms with E-state index in [0.29, 0.717) is 19.2 Å². The fraction of sp³-hybridized carbons (Fsp3) is 0.391. The average molecular weight is 487 g/mol. The summed E-state index contributed by atoms with van der Waals surface area (Å²) in [6.45, 7) is 0.699. The first kappa shape index (κ1) is 23.1. The van der Waals surface area contributed by atoms with E-state index in [-0.39, 0.29) is 47.6 Å². The number of phenols is 1. The third kappa shape index (κ3) is 4.54. The van der Waals surface area contributed by atoms with Gasteiger partial charge in [0.1, 0.15) is 28.8 Å². The Balaban J connectivity index is 1.50. The molecule has 5 rings (SSSR count). The quantitative estimate of drug-likeness (QED) is 0.469. The number of amides is 1. The summed E-state index contributed by atoms with van der Waals surface area (Å²) in [5.41, 5.74) is -1.71. The Labute approximate surface area is 197 Å². The van der Waals surface area contributed by atoms with Crippen LogP contribution in [0.5, 0.6) is 5.75 Å². The maximum absolute atomic E-state index is 14.0. The van der Waals surface area contributed by atoms with Crippen molar-refractivity contribution in [3.05, 3.63) is 68.6 Å². The molecular formula is C23H23F2N5O5. The predicted molar refractivity (Wildman–Crippen MR) is 120 cm³/mol. The van der Waals surface area contributed by atoms with Gasteiger partial charge in [0.25, 0.3) is 5.56 Å². The number of hydrogen-bond acceptors (Lipinski definition) is 7. The highest BCUT2D eigenvalue weighted by molar-refractivity contribution is 5.85. The molecule has 2 aromatic heterocycles. The number of hydrogen-bond donors (Lipinski definition) is 3. The van der Waals surface area contributed by atoms with Crippen LogP contribution in [0.4, 0.5) is 8.78 Å². The summed E-state index contributed by atoms with van der Waals surface area (Å²) in [4.78, 5) is 47.7. The van der Waals surface area contributed by atoms with Gasteiger partial charge in [0.05, 0.1) is 36.2 Å². The number of phenolic OH excluding ortho intramolecular Hbond substituents is 1. The molecule has 0 spiro atoms. The van der Waals surface area contributed by atoms with E-state index in [4.69, 9.17) is 4.74 Å². The third-order valence-corrected chi connectivity index (χ3v) is 6.41. The number of carbonyl (C=O) groups is 1. The second-order valence-electron chi connectivity index (χ2n) is 8.80. The minimum absolute atomic E-state index is 0.00521. The largest absolute Gasteiger partial charge is 0.507 e. The lowest BCUT2D eigenvalue weighted by atomic mass is 10.1. The van der Waals surface area contributed by atoms with Crippen molar-refractivity contribution < 1.29 is 23.4 Å². The molecule has 0 aliphatic carbocycles. The van der Waals surface area contributed by atoms with Crippen molar-refractivity contribution in [1.82, 2.24) is 24.8 Å². The normalized spacial score (nSPS) is 20.7. The van der Waals surface area contributed by atoms with Crippen molar-refractivity contribution >= 4 is 16.8 Å². The van der Waals surface area contributed by atoms with Gasteiger partial charge in [-0.05, 0) is 25.0 Å². The number of fused-ring (bicyclic) bond motifs is 3. The number of morpholine rings is 1. The number of carbonyl (C=O) groups excluding carboxylic acids is 1. The Hall–Kier alpha value is -3.64. The summed E-state index contributed by atoms with van der Waals surface area (Å²) in [5, 5.41) is 12.6. The third-order valence-electron chi connectivity index (χ3n) is 6.41. The van der Waals surface area contributed by atoms with Crippen LogP contribution in [0.25, 0.3) is 10.9 Å². The number of aromatic amines is 1. The fourth-order valence-corrected chi connectivity index (χ4v) is 4.78. The van der Waals surface area contributed by atoms with Crippen LogP contribution in [0, 0.1) is 11.6 Å². The number of rotatable bonds is 6. The maximum Gasteiger partial charge on any atom is 0.329 e. The van der Waals surface area contributed by atoms with E-state index < -0.39 is 34.8 Å². The van der Waals surface area contributed by atoms with Crippen LogP contribution in [-0.2, 0) is 16.1 Å². The lowest BCUT2D eigenvalue weighted by Gasteiger charge is -2.34. The minimum atomic E-state index is -1.30. The molecule has 35 heavy (non-hydrogen) atoms. The smallest absolute Gasteiger partial charge is 0.329 e. The van der Waals surface area contributed by atoms with Gasteiger partial charge in [-0.2, -0.15) is 0 Å². The number of H-pyrrole nitrogens is 1. The zero-order valence-electron chi connectivity index (χ0n) is 18.5. The number of halogens is 2. The molecule has 1 amide bonds. The van der Waals surface area contributed by atoms with Gasteiger partial charge in [-0.3, -0.25) is 19.5 Å². The van der Waals surface area contributed by atoms with Crippen molar-refractivity contribution in [2.45, 2.75) is 37.6 Å². The summed E-state index contributed by atoms with van der Waals surface area (Å²) in [6.07, 6.45) is 2.61. The molecule has 2 aliphatic rings. The number of nitrogens with one attached hydrogen (secondary N) is 2. The van der Waals surface area contributed by atoms with Crippen LogP contribution in [0.1, 0.15) is 24.6 Å². The lowest BCUT2D eigenvalue weighted by molar-refractivity contribution is -0.126. The summed E-state index contributed by atoms with van der Waals surface area (Å²) in [6, 6.07) is 3.62. The lowest BCUT2D eigenvalue weighted by Crippen LogP contribution is -2.52. The molecule has 1 aromatic carbocycles. The number of aromatic hydroxyl groups is 1. The monoisotopic (exact) mass is 487 g/mol. The molecule has 2 saturated heterocycles. The van der Waals surface area contributed by atoms with Crippen molar-refractivity contribution in [2.75, 3.05) is 19.6 Å². The van der Waals surface area contributed by atoms with E-state index in [1.165, 1.54) is 18.2 Å². The SMILES string of the molecule is O=C(NCc1ncc(F)cc1F)C(CN1CC2CCC(C1)O2)n1c(=O)[nH]c2cccc(O)c2c1=O. The first-order chi connectivity index (χ1) is 16.8. The molecule has 12 heteroatoms. The molecule has 0 saturated carbocycles. The molecule has 0 radical (unpaired) electrons. The van der Waals surface area contributed by atoms with Gasteiger partial charge in [-0.25, -0.2) is 18.1 Å². The Morgan fingerprint density at radius 1 is 1.26 bits per heavy atom. The summed E-state index contributed by atoms with van der Waals surface area (Å²) >= 11 is 0. The minimum Gasteiger partial charge on any atom is -0.507 e. The van der Waals surface area contributed by atoms with Gasteiger partial charge < -0.3 is 20.1 Å². The van der Waals surface area contributed by atoms with E-state index in [2.05, 4.69) is 15.3 Å². The number of pyridine rings is 1. The van der Waals surface area contributed by atoms with Gasteiger partial charge >= 0.3 is 5.69 Å². The van der Waals surface area contributed by atoms with Crippen LogP contribution in [0.3, 0.4) is 0 Å². The van der Waals surface area contributed by atoms with Crippen molar-refractivity contribution in [3.8, 4) is 5.75 Å². The molecule has 2 fully saturated rings. The van der Waals surface area contributed by atoms with Gasteiger partial charge in [0.15, 0.2) is 0 Å². The van der Waals surface area contributed by atoms with Crippen molar-refractivity contribution in [1.29, 1.82) is 0 Å². The van der Waals surface area contributed by atoms with E-state index in [0.717, 1.165) is 23.6 Å². The van der Waals surface area contributed by atoms with E-state index in [1.54, 1.807) is 0 Å². The molecule has 3 N–H and O–H groups in total. The van der Waals surface area contributed by atoms with Gasteiger partial charge in [0.2, 0.25) is 5.91 Å². The van der Waals surface area contributed by atoms with Crippen molar-refractivity contribution in [3.63, 3.8) is 0 Å². The molecular weight excluding hydrogens is 464 g/mol. The Bertz CT molecular complexity index is 1400. The number of likely N-dealkylation sites (tertiary alicyclic amines) is 1. The van der Waals surface area contributed by atoms with E-state index >= 15 is 0 Å². The molecule has 3 atom stereocenters. The first-order valence-electron chi connectivity index (χ1n) is 11.2. The van der Waals surface area contributed by atoms with E-state index in [1.807, 2.05) is 4.90 Å². The van der Waals surface area contributed by atoms with Gasteiger partial charge in [-0.1, -0.05) is 6.07 Å². The Morgan fingerprint density at radius 3 is 2.71 bits per heavy atom. The van der Waals surface area contributed by atoms with Gasteiger partial charge in [0, 0.05) is 25.7 Å². The highest BCUT2D eigenvalue weighted by Gasteiger charge is 2.36. The summed E-state index contributed by atoms with van der Waals surface area (Å²) in [5.74, 6) is -2.85. The number of aromatic nitrogens is 3. The molecule has 4 heterocycles. The molecule has 3 unspecified atom stereocenters. The maximum atomic E-state index is 14.0. The Kier molecular flexibility index (Phi) is 6.07. The van der Waals surface area contributed by atoms with Crippen LogP contribution in [0.2, 0.25) is 0 Å². The molecule has 10 nitrogen and oxygen atoms in total. The fourth-order valence-electron chi connectivity index (χ4n) is 4.78. The molecule has 2 aliphatic heterocycles. The number of benzene rings is 1. The second kappa shape index (κ2) is 9.19. The highest BCUT2D eigenvalue weighted by Crippen LogP contribution is 2.27. The second-order valence-corrected chi connectivity index (χ2v) is 8.80. The Morgan fingerprint density at radius 2 is 2.00 bits per heavy atom. The van der Waals surface area contributed by atoms with E-state index in [9.17, 15) is 28.3 Å². The van der Waals surface area contributed by atoms with Crippen LogP contribution >= 0.6 is 0 Å². The van der Waals surface area contributed by atoms with Crippen LogP contribution in [0.15, 0.2) is 40.1 Å². The molecule has 184 valence electrons. The van der Waals surface area contributed by atoms with Crippen molar-refractivity contribution in [2.24, 2.45) is 0 Å².